The second kappa shape index (κ2) is 7.66. The van der Waals surface area contributed by atoms with Gasteiger partial charge in [0.05, 0.1) is 29.3 Å². The predicted molar refractivity (Wildman–Crippen MR) is 93.4 cm³/mol. The lowest BCUT2D eigenvalue weighted by molar-refractivity contribution is -0.117. The van der Waals surface area contributed by atoms with E-state index in [9.17, 15) is 14.4 Å². The molecular weight excluding hydrogens is 344 g/mol. The number of benzene rings is 1. The van der Waals surface area contributed by atoms with Gasteiger partial charge < -0.3 is 10.5 Å². The Labute approximate surface area is 147 Å². The summed E-state index contributed by atoms with van der Waals surface area (Å²) in [5.74, 6) is -0.609. The molecule has 3 amide bonds. The van der Waals surface area contributed by atoms with Gasteiger partial charge >= 0.3 is 6.03 Å². The van der Waals surface area contributed by atoms with Crippen LogP contribution in [0.1, 0.15) is 12.8 Å². The minimum Gasteiger partial charge on any atom is -0.376 e. The summed E-state index contributed by atoms with van der Waals surface area (Å²) in [6.07, 6.45) is 1.80. The van der Waals surface area contributed by atoms with Crippen LogP contribution in [-0.2, 0) is 16.1 Å². The molecule has 1 fully saturated rings. The van der Waals surface area contributed by atoms with Crippen molar-refractivity contribution < 1.29 is 14.3 Å². The van der Waals surface area contributed by atoms with E-state index in [1.54, 1.807) is 28.8 Å². The predicted octanol–water partition coefficient (Wildman–Crippen LogP) is 0.862. The summed E-state index contributed by atoms with van der Waals surface area (Å²) < 4.78 is 7.16. The smallest absolute Gasteiger partial charge is 0.318 e. The number of para-hydroxylation sites is 1. The Morgan fingerprint density at radius 3 is 2.92 bits per heavy atom. The van der Waals surface area contributed by atoms with Gasteiger partial charge in [-0.15, -0.1) is 0 Å². The fourth-order valence-corrected chi connectivity index (χ4v) is 3.52. The van der Waals surface area contributed by atoms with Crippen LogP contribution < -0.4 is 16.6 Å². The molecule has 2 aromatic rings. The molecule has 1 unspecified atom stereocenters. The van der Waals surface area contributed by atoms with E-state index in [4.69, 9.17) is 10.5 Å². The van der Waals surface area contributed by atoms with Crippen molar-refractivity contribution in [2.45, 2.75) is 30.6 Å². The average molecular weight is 362 g/mol. The van der Waals surface area contributed by atoms with Crippen LogP contribution in [0.3, 0.4) is 0 Å². The van der Waals surface area contributed by atoms with E-state index in [0.717, 1.165) is 24.6 Å². The normalized spacial score (nSPS) is 16.9. The number of nitrogens with one attached hydrogen (secondary N) is 1. The molecule has 25 heavy (non-hydrogen) atoms. The number of amides is 3. The van der Waals surface area contributed by atoms with Gasteiger partial charge in [-0.2, -0.15) is 0 Å². The number of carbonyl (C=O) groups is 2. The number of carbonyl (C=O) groups excluding carboxylic acids is 2. The number of nitrogens with zero attached hydrogens (tertiary/aromatic N) is 2. The molecule has 1 aromatic heterocycles. The molecule has 0 bridgehead atoms. The standard InChI is InChI=1S/C16H18N4O4S/c17-15(23)19-13(21)9-25-16-18-12-6-2-1-5-11(12)14(22)20(16)8-10-4-3-7-24-10/h1-2,5-6,10H,3-4,7-9H2,(H3,17,19,21,23). The Hall–Kier alpha value is -2.39. The number of hydrogen-bond acceptors (Lipinski definition) is 6. The Balaban J connectivity index is 1.91. The number of rotatable bonds is 5. The molecule has 8 nitrogen and oxygen atoms in total. The van der Waals surface area contributed by atoms with Crippen LogP contribution in [0.15, 0.2) is 34.2 Å². The number of imide groups is 1. The molecule has 0 aliphatic carbocycles. The van der Waals surface area contributed by atoms with Gasteiger partial charge in [-0.25, -0.2) is 9.78 Å². The van der Waals surface area contributed by atoms with Crippen molar-refractivity contribution in [2.75, 3.05) is 12.4 Å². The van der Waals surface area contributed by atoms with E-state index < -0.39 is 11.9 Å². The highest BCUT2D eigenvalue weighted by Gasteiger charge is 2.20. The van der Waals surface area contributed by atoms with E-state index in [2.05, 4.69) is 4.98 Å². The number of thioether (sulfide) groups is 1. The molecule has 1 aliphatic heterocycles. The summed E-state index contributed by atoms with van der Waals surface area (Å²) in [6, 6.07) is 6.15. The van der Waals surface area contributed by atoms with Gasteiger partial charge in [-0.3, -0.25) is 19.5 Å². The van der Waals surface area contributed by atoms with Gasteiger partial charge in [0, 0.05) is 6.61 Å². The maximum atomic E-state index is 12.8. The molecule has 1 aromatic carbocycles. The van der Waals surface area contributed by atoms with Gasteiger partial charge in [0.25, 0.3) is 5.56 Å². The molecule has 0 saturated carbocycles. The van der Waals surface area contributed by atoms with Crippen molar-refractivity contribution in [3.8, 4) is 0 Å². The Kier molecular flexibility index (Phi) is 5.34. The van der Waals surface area contributed by atoms with Crippen LogP contribution in [0, 0.1) is 0 Å². The maximum absolute atomic E-state index is 12.8. The average Bonchev–Trinajstić information content (AvgIpc) is 3.08. The zero-order valence-electron chi connectivity index (χ0n) is 13.4. The Morgan fingerprint density at radius 2 is 2.20 bits per heavy atom. The molecule has 1 saturated heterocycles. The quantitative estimate of drug-likeness (QED) is 0.602. The van der Waals surface area contributed by atoms with Crippen LogP contribution >= 0.6 is 11.8 Å². The molecule has 3 N–H and O–H groups in total. The van der Waals surface area contributed by atoms with Gasteiger partial charge in [0.2, 0.25) is 5.91 Å². The Bertz CT molecular complexity index is 861. The van der Waals surface area contributed by atoms with Crippen molar-refractivity contribution in [3.05, 3.63) is 34.6 Å². The highest BCUT2D eigenvalue weighted by Crippen LogP contribution is 2.20. The molecule has 2 heterocycles. The number of urea groups is 1. The molecule has 9 heteroatoms. The summed E-state index contributed by atoms with van der Waals surface area (Å²) in [7, 11) is 0. The first kappa shape index (κ1) is 17.4. The van der Waals surface area contributed by atoms with Crippen LogP contribution in [-0.4, -0.2) is 40.0 Å². The molecule has 0 radical (unpaired) electrons. The van der Waals surface area contributed by atoms with E-state index in [1.807, 2.05) is 5.32 Å². The lowest BCUT2D eigenvalue weighted by atomic mass is 10.2. The topological polar surface area (TPSA) is 116 Å². The molecule has 0 spiro atoms. The molecule has 132 valence electrons. The first-order valence-corrected chi connectivity index (χ1v) is 8.86. The van der Waals surface area contributed by atoms with Gasteiger partial charge in [0.15, 0.2) is 5.16 Å². The van der Waals surface area contributed by atoms with Gasteiger partial charge in [-0.05, 0) is 25.0 Å². The van der Waals surface area contributed by atoms with E-state index in [1.165, 1.54) is 0 Å². The molecule has 1 atom stereocenters. The minimum atomic E-state index is -0.909. The van der Waals surface area contributed by atoms with Crippen molar-refractivity contribution in [1.29, 1.82) is 0 Å². The SMILES string of the molecule is NC(=O)NC(=O)CSc1nc2ccccc2c(=O)n1CC1CCCO1. The monoisotopic (exact) mass is 362 g/mol. The summed E-state index contributed by atoms with van der Waals surface area (Å²) in [5.41, 5.74) is 5.33. The fourth-order valence-electron chi connectivity index (χ4n) is 2.71. The third kappa shape index (κ3) is 4.18. The summed E-state index contributed by atoms with van der Waals surface area (Å²) in [5, 5.41) is 2.93. The first-order chi connectivity index (χ1) is 12.0. The van der Waals surface area contributed by atoms with Gasteiger partial charge in [-0.1, -0.05) is 23.9 Å². The van der Waals surface area contributed by atoms with Crippen molar-refractivity contribution in [3.63, 3.8) is 0 Å². The van der Waals surface area contributed by atoms with Crippen LogP contribution in [0.4, 0.5) is 4.79 Å². The van der Waals surface area contributed by atoms with Crippen LogP contribution in [0.2, 0.25) is 0 Å². The van der Waals surface area contributed by atoms with E-state index in [0.29, 0.717) is 29.2 Å². The van der Waals surface area contributed by atoms with E-state index >= 15 is 0 Å². The summed E-state index contributed by atoms with van der Waals surface area (Å²) in [6.45, 7) is 1.07. The largest absolute Gasteiger partial charge is 0.376 e. The number of hydrogen-bond donors (Lipinski definition) is 2. The van der Waals surface area contributed by atoms with Crippen molar-refractivity contribution >= 4 is 34.6 Å². The van der Waals surface area contributed by atoms with Crippen molar-refractivity contribution in [2.24, 2.45) is 5.73 Å². The van der Waals surface area contributed by atoms with Crippen LogP contribution in [0.5, 0.6) is 0 Å². The number of primary amides is 1. The first-order valence-electron chi connectivity index (χ1n) is 7.88. The van der Waals surface area contributed by atoms with Crippen molar-refractivity contribution in [1.82, 2.24) is 14.9 Å². The molecule has 1 aliphatic rings. The summed E-state index contributed by atoms with van der Waals surface area (Å²) >= 11 is 1.09. The number of fused-ring (bicyclic) bond motifs is 1. The third-order valence-corrected chi connectivity index (χ3v) is 4.81. The number of nitrogens with two attached hydrogens (primary N) is 1. The zero-order chi connectivity index (χ0) is 17.8. The highest BCUT2D eigenvalue weighted by atomic mass is 32.2. The fraction of sp³-hybridized carbons (Fsp3) is 0.375. The highest BCUT2D eigenvalue weighted by molar-refractivity contribution is 7.99. The van der Waals surface area contributed by atoms with Gasteiger partial charge in [0.1, 0.15) is 0 Å². The second-order valence-electron chi connectivity index (χ2n) is 5.66. The lowest BCUT2D eigenvalue weighted by Gasteiger charge is -2.16. The van der Waals surface area contributed by atoms with Crippen LogP contribution in [0.25, 0.3) is 10.9 Å². The molecule has 3 rings (SSSR count). The summed E-state index contributed by atoms with van der Waals surface area (Å²) in [4.78, 5) is 39.7. The second-order valence-corrected chi connectivity index (χ2v) is 6.61. The zero-order valence-corrected chi connectivity index (χ0v) is 14.3. The minimum absolute atomic E-state index is 0.0422. The lowest BCUT2D eigenvalue weighted by Crippen LogP contribution is -2.36. The Morgan fingerprint density at radius 1 is 1.40 bits per heavy atom. The number of ether oxygens (including phenoxy) is 1. The molecular formula is C16H18N4O4S. The maximum Gasteiger partial charge on any atom is 0.318 e. The van der Waals surface area contributed by atoms with E-state index in [-0.39, 0.29) is 17.4 Å². The number of aromatic nitrogens is 2. The third-order valence-electron chi connectivity index (χ3n) is 3.83.